The summed E-state index contributed by atoms with van der Waals surface area (Å²) in [6.45, 7) is 2.16. The van der Waals surface area contributed by atoms with Crippen LogP contribution in [0.15, 0.2) is 23.8 Å². The third-order valence-electron chi connectivity index (χ3n) is 5.80. The van der Waals surface area contributed by atoms with Crippen LogP contribution in [-0.2, 0) is 4.79 Å². The normalized spacial score (nSPS) is 31.7. The minimum absolute atomic E-state index is 0.149. The quantitative estimate of drug-likeness (QED) is 0.410. The molecule has 142 valence electrons. The summed E-state index contributed by atoms with van der Waals surface area (Å²) in [6, 6.07) is 0. The highest BCUT2D eigenvalue weighted by molar-refractivity contribution is 5.66. The molecule has 2 aliphatic rings. The van der Waals surface area contributed by atoms with Crippen LogP contribution in [0, 0.1) is 17.8 Å². The minimum atomic E-state index is -0.729. The molecule has 0 aliphatic heterocycles. The first-order chi connectivity index (χ1) is 12.0. The van der Waals surface area contributed by atoms with Gasteiger partial charge in [0.15, 0.2) is 0 Å². The van der Waals surface area contributed by atoms with E-state index in [1.807, 2.05) is 6.08 Å². The molecule has 0 saturated heterocycles. The Balaban J connectivity index is 1.83. The monoisotopic (exact) mass is 350 g/mol. The zero-order valence-electron chi connectivity index (χ0n) is 15.4. The fraction of sp³-hybridized carbons (Fsp3) is 0.762. The number of aliphatic carboxylic acids is 1. The molecule has 3 unspecified atom stereocenters. The summed E-state index contributed by atoms with van der Waals surface area (Å²) >= 11 is 0. The van der Waals surface area contributed by atoms with Gasteiger partial charge in [-0.2, -0.15) is 0 Å². The molecule has 4 heteroatoms. The van der Waals surface area contributed by atoms with E-state index in [0.29, 0.717) is 18.3 Å². The topological polar surface area (TPSA) is 77.8 Å². The average Bonchev–Trinajstić information content (AvgIpc) is 3.06. The maximum absolute atomic E-state index is 10.6. The SMILES string of the molecule is CCCCCC(O)C=C[C@H]1C(O)CC2CC(=CCCCC(=O)O)C[C@@H]21. The lowest BCUT2D eigenvalue weighted by atomic mass is 9.90. The van der Waals surface area contributed by atoms with Gasteiger partial charge < -0.3 is 15.3 Å². The third kappa shape index (κ3) is 6.27. The number of unbranched alkanes of at least 4 members (excludes halogenated alkanes) is 3. The number of carbonyl (C=O) groups is 1. The lowest BCUT2D eigenvalue weighted by Crippen LogP contribution is -2.17. The highest BCUT2D eigenvalue weighted by Crippen LogP contribution is 2.50. The average molecular weight is 350 g/mol. The van der Waals surface area contributed by atoms with Crippen molar-refractivity contribution >= 4 is 5.97 Å². The van der Waals surface area contributed by atoms with Crippen molar-refractivity contribution in [1.29, 1.82) is 0 Å². The first kappa shape index (κ1) is 20.2. The smallest absolute Gasteiger partial charge is 0.303 e. The fourth-order valence-electron chi connectivity index (χ4n) is 4.46. The number of hydrogen-bond donors (Lipinski definition) is 3. The molecular formula is C21H34O4. The van der Waals surface area contributed by atoms with Crippen LogP contribution in [-0.4, -0.2) is 33.5 Å². The number of fused-ring (bicyclic) bond motifs is 1. The number of aliphatic hydroxyl groups excluding tert-OH is 2. The number of hydrogen-bond acceptors (Lipinski definition) is 3. The zero-order valence-corrected chi connectivity index (χ0v) is 15.4. The summed E-state index contributed by atoms with van der Waals surface area (Å²) < 4.78 is 0. The van der Waals surface area contributed by atoms with E-state index in [4.69, 9.17) is 5.11 Å². The number of carboxylic acid groups (broad SMARTS) is 1. The molecule has 2 rings (SSSR count). The van der Waals surface area contributed by atoms with Crippen LogP contribution >= 0.6 is 0 Å². The van der Waals surface area contributed by atoms with Crippen LogP contribution in [0.3, 0.4) is 0 Å². The lowest BCUT2D eigenvalue weighted by molar-refractivity contribution is -0.137. The van der Waals surface area contributed by atoms with Crippen LogP contribution in [0.1, 0.15) is 71.1 Å². The second-order valence-electron chi connectivity index (χ2n) is 7.81. The van der Waals surface area contributed by atoms with Gasteiger partial charge in [-0.3, -0.25) is 4.79 Å². The fourth-order valence-corrected chi connectivity index (χ4v) is 4.46. The Kier molecular flexibility index (Phi) is 8.17. The number of carboxylic acids is 1. The summed E-state index contributed by atoms with van der Waals surface area (Å²) in [5, 5.41) is 29.1. The van der Waals surface area contributed by atoms with Gasteiger partial charge in [-0.25, -0.2) is 0 Å². The summed E-state index contributed by atoms with van der Waals surface area (Å²) in [7, 11) is 0. The van der Waals surface area contributed by atoms with Gasteiger partial charge >= 0.3 is 5.97 Å². The first-order valence-corrected chi connectivity index (χ1v) is 9.95. The van der Waals surface area contributed by atoms with Crippen molar-refractivity contribution < 1.29 is 20.1 Å². The largest absolute Gasteiger partial charge is 0.481 e. The van der Waals surface area contributed by atoms with E-state index in [-0.39, 0.29) is 18.4 Å². The highest BCUT2D eigenvalue weighted by Gasteiger charge is 2.44. The van der Waals surface area contributed by atoms with Gasteiger partial charge in [0, 0.05) is 12.3 Å². The van der Waals surface area contributed by atoms with Crippen LogP contribution < -0.4 is 0 Å². The maximum atomic E-state index is 10.6. The second-order valence-corrected chi connectivity index (χ2v) is 7.81. The second kappa shape index (κ2) is 10.1. The van der Waals surface area contributed by atoms with Gasteiger partial charge in [0.25, 0.3) is 0 Å². The molecule has 2 fully saturated rings. The molecule has 0 spiro atoms. The molecule has 0 radical (unpaired) electrons. The maximum Gasteiger partial charge on any atom is 0.303 e. The van der Waals surface area contributed by atoms with Crippen LogP contribution in [0.4, 0.5) is 0 Å². The Morgan fingerprint density at radius 2 is 2.08 bits per heavy atom. The van der Waals surface area contributed by atoms with E-state index in [9.17, 15) is 15.0 Å². The predicted octanol–water partition coefficient (Wildman–Crippen LogP) is 4.07. The standard InChI is InChI=1S/C21H34O4/c1-2-3-4-8-17(22)10-11-18-19-13-15(7-5-6-9-21(24)25)12-16(19)14-20(18)23/h7,10-11,16-20,22-23H,2-6,8-9,12-14H2,1H3,(H,24,25)/t16?,17?,18-,19+,20?/m1/s1. The van der Waals surface area contributed by atoms with E-state index in [1.54, 1.807) is 0 Å². The zero-order chi connectivity index (χ0) is 18.2. The molecule has 4 nitrogen and oxygen atoms in total. The Bertz CT molecular complexity index is 482. The predicted molar refractivity (Wildman–Crippen MR) is 99.2 cm³/mol. The Morgan fingerprint density at radius 3 is 2.80 bits per heavy atom. The molecule has 3 N–H and O–H groups in total. The molecule has 0 aromatic heterocycles. The van der Waals surface area contributed by atoms with Gasteiger partial charge in [0.1, 0.15) is 0 Å². The lowest BCUT2D eigenvalue weighted by Gasteiger charge is -2.17. The van der Waals surface area contributed by atoms with E-state index < -0.39 is 12.1 Å². The third-order valence-corrected chi connectivity index (χ3v) is 5.80. The molecule has 2 aliphatic carbocycles. The Labute approximate surface area is 151 Å². The molecule has 0 bridgehead atoms. The van der Waals surface area contributed by atoms with Crippen molar-refractivity contribution in [1.82, 2.24) is 0 Å². The molecule has 0 aromatic rings. The first-order valence-electron chi connectivity index (χ1n) is 9.95. The summed E-state index contributed by atoms with van der Waals surface area (Å²) in [5.41, 5.74) is 1.43. The Morgan fingerprint density at radius 1 is 1.28 bits per heavy atom. The van der Waals surface area contributed by atoms with Gasteiger partial charge in [-0.15, -0.1) is 0 Å². The van der Waals surface area contributed by atoms with Crippen LogP contribution in [0.5, 0.6) is 0 Å². The van der Waals surface area contributed by atoms with E-state index in [1.165, 1.54) is 5.57 Å². The number of rotatable bonds is 10. The summed E-state index contributed by atoms with van der Waals surface area (Å²) in [4.78, 5) is 10.6. The van der Waals surface area contributed by atoms with Crippen molar-refractivity contribution in [2.75, 3.05) is 0 Å². The molecular weight excluding hydrogens is 316 g/mol. The molecule has 0 heterocycles. The van der Waals surface area contributed by atoms with Crippen molar-refractivity contribution in [2.45, 2.75) is 83.3 Å². The van der Waals surface area contributed by atoms with Gasteiger partial charge in [0.2, 0.25) is 0 Å². The number of allylic oxidation sites excluding steroid dienone is 2. The van der Waals surface area contributed by atoms with E-state index >= 15 is 0 Å². The minimum Gasteiger partial charge on any atom is -0.481 e. The van der Waals surface area contributed by atoms with Crippen molar-refractivity contribution in [2.24, 2.45) is 17.8 Å². The van der Waals surface area contributed by atoms with Crippen molar-refractivity contribution in [3.05, 3.63) is 23.8 Å². The van der Waals surface area contributed by atoms with Crippen LogP contribution in [0.25, 0.3) is 0 Å². The molecule has 2 saturated carbocycles. The van der Waals surface area contributed by atoms with Gasteiger partial charge in [-0.1, -0.05) is 50.0 Å². The summed E-state index contributed by atoms with van der Waals surface area (Å²) in [6.07, 6.45) is 14.3. The van der Waals surface area contributed by atoms with Gasteiger partial charge in [0.05, 0.1) is 12.2 Å². The van der Waals surface area contributed by atoms with Gasteiger partial charge in [-0.05, 0) is 50.4 Å². The molecule has 0 aromatic carbocycles. The molecule has 25 heavy (non-hydrogen) atoms. The highest BCUT2D eigenvalue weighted by atomic mass is 16.4. The van der Waals surface area contributed by atoms with Crippen molar-refractivity contribution in [3.8, 4) is 0 Å². The molecule has 0 amide bonds. The van der Waals surface area contributed by atoms with E-state index in [0.717, 1.165) is 51.4 Å². The summed E-state index contributed by atoms with van der Waals surface area (Å²) in [5.74, 6) is 0.427. The number of aliphatic hydroxyl groups is 2. The van der Waals surface area contributed by atoms with E-state index in [2.05, 4.69) is 19.1 Å². The molecule has 5 atom stereocenters. The van der Waals surface area contributed by atoms with Crippen molar-refractivity contribution in [3.63, 3.8) is 0 Å². The Hall–Kier alpha value is -1.13. The van der Waals surface area contributed by atoms with Crippen LogP contribution in [0.2, 0.25) is 0 Å².